The summed E-state index contributed by atoms with van der Waals surface area (Å²) in [5, 5.41) is 2.10. The molecule has 98 valence electrons. The van der Waals surface area contributed by atoms with Crippen LogP contribution in [-0.2, 0) is 6.42 Å². The average molecular weight is 293 g/mol. The highest BCUT2D eigenvalue weighted by atomic mass is 32.2. The van der Waals surface area contributed by atoms with Crippen molar-refractivity contribution >= 4 is 40.2 Å². The van der Waals surface area contributed by atoms with Gasteiger partial charge in [0.1, 0.15) is 5.82 Å². The standard InChI is InChI=1S/C11H11N5OS2/c1-18-6-2-5(19-4-6)3-7-13-8-9(14-7)15-11(12)16-10(8)17/h2,4H,3H2,1H3,(H4,12,13,14,15,16,17). The summed E-state index contributed by atoms with van der Waals surface area (Å²) in [5.74, 6) is 0.796. The lowest BCUT2D eigenvalue weighted by Crippen LogP contribution is -2.10. The van der Waals surface area contributed by atoms with Crippen molar-refractivity contribution in [2.24, 2.45) is 0 Å². The molecule has 3 aromatic heterocycles. The van der Waals surface area contributed by atoms with Gasteiger partial charge in [-0.15, -0.1) is 23.1 Å². The van der Waals surface area contributed by atoms with Crippen molar-refractivity contribution in [1.82, 2.24) is 19.9 Å². The molecule has 0 spiro atoms. The van der Waals surface area contributed by atoms with Crippen LogP contribution in [0, 0.1) is 0 Å². The van der Waals surface area contributed by atoms with Crippen molar-refractivity contribution in [1.29, 1.82) is 0 Å². The highest BCUT2D eigenvalue weighted by Gasteiger charge is 2.10. The van der Waals surface area contributed by atoms with Crippen LogP contribution in [0.25, 0.3) is 11.2 Å². The van der Waals surface area contributed by atoms with Gasteiger partial charge >= 0.3 is 0 Å². The molecule has 3 aromatic rings. The molecule has 0 bridgehead atoms. The summed E-state index contributed by atoms with van der Waals surface area (Å²) in [6, 6.07) is 2.12. The summed E-state index contributed by atoms with van der Waals surface area (Å²) >= 11 is 3.38. The van der Waals surface area contributed by atoms with E-state index >= 15 is 0 Å². The van der Waals surface area contributed by atoms with E-state index in [2.05, 4.69) is 31.4 Å². The molecule has 0 unspecified atom stereocenters. The summed E-state index contributed by atoms with van der Waals surface area (Å²) in [6.45, 7) is 0. The SMILES string of the molecule is CSc1csc(Cc2nc3nc(N)[nH]c(=O)c3[nH]2)c1. The number of aromatic amines is 2. The number of nitrogen functional groups attached to an aromatic ring is 1. The Kier molecular flexibility index (Phi) is 3.03. The van der Waals surface area contributed by atoms with E-state index < -0.39 is 0 Å². The highest BCUT2D eigenvalue weighted by Crippen LogP contribution is 2.24. The lowest BCUT2D eigenvalue weighted by Gasteiger charge is -1.91. The Balaban J connectivity index is 1.97. The fraction of sp³-hybridized carbons (Fsp3) is 0.182. The number of rotatable bonds is 3. The Morgan fingerprint density at radius 3 is 3.00 bits per heavy atom. The quantitative estimate of drug-likeness (QED) is 0.637. The largest absolute Gasteiger partial charge is 0.369 e. The third-order valence-corrected chi connectivity index (χ3v) is 4.43. The van der Waals surface area contributed by atoms with Crippen LogP contribution in [0.5, 0.6) is 0 Å². The number of thiophene rings is 1. The van der Waals surface area contributed by atoms with Crippen LogP contribution in [0.2, 0.25) is 0 Å². The molecule has 8 heteroatoms. The second kappa shape index (κ2) is 4.71. The molecule has 0 aliphatic rings. The van der Waals surface area contributed by atoms with Gasteiger partial charge in [0, 0.05) is 21.6 Å². The van der Waals surface area contributed by atoms with Gasteiger partial charge in [-0.05, 0) is 12.3 Å². The van der Waals surface area contributed by atoms with Gasteiger partial charge in [-0.2, -0.15) is 4.98 Å². The van der Waals surface area contributed by atoms with Crippen molar-refractivity contribution < 1.29 is 0 Å². The smallest absolute Gasteiger partial charge is 0.278 e. The highest BCUT2D eigenvalue weighted by molar-refractivity contribution is 7.98. The van der Waals surface area contributed by atoms with Crippen LogP contribution >= 0.6 is 23.1 Å². The van der Waals surface area contributed by atoms with E-state index in [9.17, 15) is 4.79 Å². The second-order valence-electron chi connectivity index (χ2n) is 3.96. The molecule has 0 saturated carbocycles. The minimum Gasteiger partial charge on any atom is -0.369 e. The molecular weight excluding hydrogens is 282 g/mol. The van der Waals surface area contributed by atoms with Crippen molar-refractivity contribution in [3.05, 3.63) is 32.5 Å². The molecular formula is C11H11N5OS2. The molecule has 0 amide bonds. The number of nitrogens with two attached hydrogens (primary N) is 1. The zero-order chi connectivity index (χ0) is 13.4. The number of nitrogens with one attached hydrogen (secondary N) is 2. The normalized spacial score (nSPS) is 11.2. The molecule has 3 heterocycles. The third kappa shape index (κ3) is 2.36. The number of fused-ring (bicyclic) bond motifs is 1. The Hall–Kier alpha value is -1.80. The second-order valence-corrected chi connectivity index (χ2v) is 5.84. The maximum absolute atomic E-state index is 11.7. The summed E-state index contributed by atoms with van der Waals surface area (Å²) in [4.78, 5) is 27.8. The van der Waals surface area contributed by atoms with Gasteiger partial charge < -0.3 is 10.7 Å². The number of aromatic nitrogens is 4. The first-order valence-electron chi connectivity index (χ1n) is 5.51. The summed E-state index contributed by atoms with van der Waals surface area (Å²) in [5.41, 5.74) is 5.92. The molecule has 0 radical (unpaired) electrons. The maximum Gasteiger partial charge on any atom is 0.278 e. The Bertz CT molecular complexity index is 788. The zero-order valence-corrected chi connectivity index (χ0v) is 11.7. The number of hydrogen-bond donors (Lipinski definition) is 3. The van der Waals surface area contributed by atoms with Crippen molar-refractivity contribution in [3.63, 3.8) is 0 Å². The predicted octanol–water partition coefficient (Wildman–Crippen LogP) is 1.60. The Labute approximate surface area is 116 Å². The van der Waals surface area contributed by atoms with Crippen LogP contribution in [0.15, 0.2) is 21.1 Å². The van der Waals surface area contributed by atoms with E-state index in [0.29, 0.717) is 23.4 Å². The molecule has 0 saturated heterocycles. The Morgan fingerprint density at radius 2 is 2.26 bits per heavy atom. The van der Waals surface area contributed by atoms with Crippen molar-refractivity contribution in [3.8, 4) is 0 Å². The first-order valence-corrected chi connectivity index (χ1v) is 7.62. The summed E-state index contributed by atoms with van der Waals surface area (Å²) in [6.07, 6.45) is 2.69. The van der Waals surface area contributed by atoms with Crippen LogP contribution < -0.4 is 11.3 Å². The van der Waals surface area contributed by atoms with E-state index in [1.54, 1.807) is 23.1 Å². The summed E-state index contributed by atoms with van der Waals surface area (Å²) in [7, 11) is 0. The van der Waals surface area contributed by atoms with Crippen LogP contribution in [-0.4, -0.2) is 26.2 Å². The molecule has 19 heavy (non-hydrogen) atoms. The maximum atomic E-state index is 11.7. The Morgan fingerprint density at radius 1 is 1.42 bits per heavy atom. The van der Waals surface area contributed by atoms with Gasteiger partial charge in [-0.25, -0.2) is 4.98 Å². The fourth-order valence-electron chi connectivity index (χ4n) is 1.78. The number of thioether (sulfide) groups is 1. The number of hydrogen-bond acceptors (Lipinski definition) is 6. The van der Waals surface area contributed by atoms with Gasteiger partial charge in [0.05, 0.1) is 0 Å². The van der Waals surface area contributed by atoms with E-state index in [1.807, 2.05) is 6.26 Å². The fourth-order valence-corrected chi connectivity index (χ4v) is 3.40. The lowest BCUT2D eigenvalue weighted by molar-refractivity contribution is 1.05. The molecule has 4 N–H and O–H groups in total. The van der Waals surface area contributed by atoms with E-state index in [0.717, 1.165) is 0 Å². The molecule has 0 aliphatic heterocycles. The molecule has 0 fully saturated rings. The molecule has 0 atom stereocenters. The van der Waals surface area contributed by atoms with Crippen LogP contribution in [0.3, 0.4) is 0 Å². The van der Waals surface area contributed by atoms with Gasteiger partial charge in [-0.1, -0.05) is 0 Å². The molecule has 0 aliphatic carbocycles. The number of nitrogens with zero attached hydrogens (tertiary/aromatic N) is 2. The monoisotopic (exact) mass is 293 g/mol. The summed E-state index contributed by atoms with van der Waals surface area (Å²) < 4.78 is 0. The zero-order valence-electron chi connectivity index (χ0n) is 10.1. The molecule has 3 rings (SSSR count). The van der Waals surface area contributed by atoms with Gasteiger partial charge in [0.25, 0.3) is 5.56 Å². The molecule has 6 nitrogen and oxygen atoms in total. The predicted molar refractivity (Wildman–Crippen MR) is 77.8 cm³/mol. The minimum atomic E-state index is -0.294. The van der Waals surface area contributed by atoms with Crippen LogP contribution in [0.4, 0.5) is 5.95 Å². The van der Waals surface area contributed by atoms with E-state index in [4.69, 9.17) is 5.73 Å². The topological polar surface area (TPSA) is 100 Å². The van der Waals surface area contributed by atoms with Crippen molar-refractivity contribution in [2.45, 2.75) is 11.3 Å². The van der Waals surface area contributed by atoms with Crippen LogP contribution in [0.1, 0.15) is 10.7 Å². The molecule has 0 aromatic carbocycles. The van der Waals surface area contributed by atoms with Crippen molar-refractivity contribution in [2.75, 3.05) is 12.0 Å². The van der Waals surface area contributed by atoms with Gasteiger partial charge in [-0.3, -0.25) is 9.78 Å². The average Bonchev–Trinajstić information content (AvgIpc) is 2.96. The number of imidazole rings is 1. The number of H-pyrrole nitrogens is 2. The first kappa shape index (κ1) is 12.2. The van der Waals surface area contributed by atoms with Gasteiger partial charge in [0.15, 0.2) is 11.2 Å². The number of anilines is 1. The van der Waals surface area contributed by atoms with E-state index in [1.165, 1.54) is 9.77 Å². The van der Waals surface area contributed by atoms with E-state index in [-0.39, 0.29) is 11.5 Å². The lowest BCUT2D eigenvalue weighted by atomic mass is 10.3. The minimum absolute atomic E-state index is 0.0799. The third-order valence-electron chi connectivity index (χ3n) is 2.64. The van der Waals surface area contributed by atoms with Gasteiger partial charge in [0.2, 0.25) is 5.95 Å². The first-order chi connectivity index (χ1) is 9.15.